The van der Waals surface area contributed by atoms with Gasteiger partial charge in [0.2, 0.25) is 0 Å². The minimum Gasteiger partial charge on any atom is -0.492 e. The molecule has 0 aliphatic carbocycles. The number of hydrogen-bond donors (Lipinski definition) is 2. The quantitative estimate of drug-likeness (QED) is 0.906. The van der Waals surface area contributed by atoms with E-state index < -0.39 is 0 Å². The van der Waals surface area contributed by atoms with Crippen LogP contribution in [-0.2, 0) is 13.1 Å². The first-order valence-corrected chi connectivity index (χ1v) is 7.11. The van der Waals surface area contributed by atoms with E-state index in [1.807, 2.05) is 48.5 Å². The number of carbonyl (C=O) groups excluding carboxylic acids is 1. The highest BCUT2D eigenvalue weighted by Gasteiger charge is 2.12. The molecule has 4 heteroatoms. The Kier molecular flexibility index (Phi) is 4.17. The fourth-order valence-corrected chi connectivity index (χ4v) is 2.34. The van der Waals surface area contributed by atoms with Crippen LogP contribution in [0.3, 0.4) is 0 Å². The number of amides is 1. The van der Waals surface area contributed by atoms with Crippen molar-refractivity contribution in [2.24, 2.45) is 0 Å². The molecule has 108 valence electrons. The van der Waals surface area contributed by atoms with Gasteiger partial charge in [-0.15, -0.1) is 0 Å². The van der Waals surface area contributed by atoms with Crippen LogP contribution >= 0.6 is 0 Å². The Morgan fingerprint density at radius 1 is 1.19 bits per heavy atom. The lowest BCUT2D eigenvalue weighted by Crippen LogP contribution is -2.23. The Labute approximate surface area is 124 Å². The van der Waals surface area contributed by atoms with E-state index in [4.69, 9.17) is 4.74 Å². The first-order chi connectivity index (χ1) is 10.3. The Balaban J connectivity index is 1.68. The molecular weight excluding hydrogens is 264 g/mol. The molecule has 2 aromatic carbocycles. The smallest absolute Gasteiger partial charge is 0.251 e. The molecule has 0 unspecified atom stereocenters. The molecule has 4 nitrogen and oxygen atoms in total. The summed E-state index contributed by atoms with van der Waals surface area (Å²) in [6, 6.07) is 15.5. The Hall–Kier alpha value is -2.33. The number of rotatable bonds is 3. The number of hydrogen-bond acceptors (Lipinski definition) is 3. The van der Waals surface area contributed by atoms with Crippen LogP contribution in [0.5, 0.6) is 5.75 Å². The van der Waals surface area contributed by atoms with Crippen LogP contribution in [0.4, 0.5) is 0 Å². The lowest BCUT2D eigenvalue weighted by atomic mass is 10.1. The molecule has 0 atom stereocenters. The molecule has 1 aliphatic rings. The van der Waals surface area contributed by atoms with E-state index in [0.29, 0.717) is 18.7 Å². The Morgan fingerprint density at radius 3 is 2.90 bits per heavy atom. The summed E-state index contributed by atoms with van der Waals surface area (Å²) in [5.74, 6) is 0.797. The van der Waals surface area contributed by atoms with E-state index >= 15 is 0 Å². The zero-order valence-electron chi connectivity index (χ0n) is 11.8. The van der Waals surface area contributed by atoms with Gasteiger partial charge in [-0.2, -0.15) is 0 Å². The van der Waals surface area contributed by atoms with Crippen molar-refractivity contribution >= 4 is 5.91 Å². The maximum absolute atomic E-state index is 12.2. The van der Waals surface area contributed by atoms with Gasteiger partial charge >= 0.3 is 0 Å². The first-order valence-electron chi connectivity index (χ1n) is 7.11. The van der Waals surface area contributed by atoms with Crippen LogP contribution < -0.4 is 15.4 Å². The van der Waals surface area contributed by atoms with E-state index in [9.17, 15) is 4.79 Å². The number of benzene rings is 2. The predicted molar refractivity (Wildman–Crippen MR) is 81.3 cm³/mol. The fraction of sp³-hybridized carbons (Fsp3) is 0.235. The molecule has 0 saturated carbocycles. The summed E-state index contributed by atoms with van der Waals surface area (Å²) in [5, 5.41) is 6.21. The van der Waals surface area contributed by atoms with Crippen molar-refractivity contribution in [3.05, 3.63) is 65.2 Å². The Morgan fingerprint density at radius 2 is 2.05 bits per heavy atom. The monoisotopic (exact) mass is 282 g/mol. The Bertz CT molecular complexity index is 626. The average Bonchev–Trinajstić information content (AvgIpc) is 2.78. The largest absolute Gasteiger partial charge is 0.492 e. The SMILES string of the molecule is O=C(NCc1ccccc1)c1ccc2c(c1)CNCCO2. The summed E-state index contributed by atoms with van der Waals surface area (Å²) >= 11 is 0. The summed E-state index contributed by atoms with van der Waals surface area (Å²) in [6.45, 7) is 2.75. The van der Waals surface area contributed by atoms with Crippen LogP contribution in [0.25, 0.3) is 0 Å². The van der Waals surface area contributed by atoms with E-state index in [1.54, 1.807) is 0 Å². The molecule has 2 N–H and O–H groups in total. The van der Waals surface area contributed by atoms with E-state index in [-0.39, 0.29) is 5.91 Å². The van der Waals surface area contributed by atoms with Crippen LogP contribution in [0.15, 0.2) is 48.5 Å². The zero-order valence-corrected chi connectivity index (χ0v) is 11.8. The highest BCUT2D eigenvalue weighted by Crippen LogP contribution is 2.21. The lowest BCUT2D eigenvalue weighted by molar-refractivity contribution is 0.0951. The second kappa shape index (κ2) is 6.41. The van der Waals surface area contributed by atoms with Gasteiger partial charge in [0.15, 0.2) is 0 Å². The summed E-state index contributed by atoms with van der Waals surface area (Å²) < 4.78 is 5.62. The van der Waals surface area contributed by atoms with Gasteiger partial charge in [0.25, 0.3) is 5.91 Å². The molecule has 0 bridgehead atoms. The lowest BCUT2D eigenvalue weighted by Gasteiger charge is -2.09. The maximum Gasteiger partial charge on any atom is 0.251 e. The first kappa shape index (κ1) is 13.6. The van der Waals surface area contributed by atoms with Crippen LogP contribution in [0.2, 0.25) is 0 Å². The van der Waals surface area contributed by atoms with Crippen molar-refractivity contribution < 1.29 is 9.53 Å². The van der Waals surface area contributed by atoms with Gasteiger partial charge in [-0.1, -0.05) is 30.3 Å². The molecule has 0 aromatic heterocycles. The second-order valence-corrected chi connectivity index (χ2v) is 5.02. The standard InChI is InChI=1S/C17H18N2O2/c20-17(19-11-13-4-2-1-3-5-13)14-6-7-16-15(10-14)12-18-8-9-21-16/h1-7,10,18H,8-9,11-12H2,(H,19,20). The van der Waals surface area contributed by atoms with E-state index in [0.717, 1.165) is 30.0 Å². The zero-order chi connectivity index (χ0) is 14.5. The molecule has 0 saturated heterocycles. The molecule has 1 amide bonds. The minimum absolute atomic E-state index is 0.0640. The topological polar surface area (TPSA) is 50.4 Å². The van der Waals surface area contributed by atoms with Crippen molar-refractivity contribution in [1.29, 1.82) is 0 Å². The molecule has 0 fully saturated rings. The third-order valence-electron chi connectivity index (χ3n) is 3.47. The van der Waals surface area contributed by atoms with Gasteiger partial charge in [-0.05, 0) is 23.8 Å². The van der Waals surface area contributed by atoms with Gasteiger partial charge in [-0.3, -0.25) is 4.79 Å². The molecule has 0 radical (unpaired) electrons. The van der Waals surface area contributed by atoms with Crippen molar-refractivity contribution in [3.63, 3.8) is 0 Å². The summed E-state index contributed by atoms with van der Waals surface area (Å²) in [5.41, 5.74) is 2.78. The van der Waals surface area contributed by atoms with Gasteiger partial charge in [0.05, 0.1) is 0 Å². The number of fused-ring (bicyclic) bond motifs is 1. The third-order valence-corrected chi connectivity index (χ3v) is 3.47. The maximum atomic E-state index is 12.2. The van der Waals surface area contributed by atoms with E-state index in [2.05, 4.69) is 10.6 Å². The average molecular weight is 282 g/mol. The number of nitrogens with one attached hydrogen (secondary N) is 2. The second-order valence-electron chi connectivity index (χ2n) is 5.02. The molecule has 1 aliphatic heterocycles. The van der Waals surface area contributed by atoms with Gasteiger partial charge in [0.1, 0.15) is 12.4 Å². The molecule has 3 rings (SSSR count). The summed E-state index contributed by atoms with van der Waals surface area (Å²) in [6.07, 6.45) is 0. The number of carbonyl (C=O) groups is 1. The normalized spacial score (nSPS) is 13.7. The summed E-state index contributed by atoms with van der Waals surface area (Å²) in [7, 11) is 0. The minimum atomic E-state index is -0.0640. The number of ether oxygens (including phenoxy) is 1. The molecule has 2 aromatic rings. The van der Waals surface area contributed by atoms with Gasteiger partial charge in [0, 0.05) is 30.8 Å². The molecule has 1 heterocycles. The van der Waals surface area contributed by atoms with Crippen molar-refractivity contribution in [3.8, 4) is 5.75 Å². The van der Waals surface area contributed by atoms with Gasteiger partial charge in [-0.25, -0.2) is 0 Å². The summed E-state index contributed by atoms with van der Waals surface area (Å²) in [4.78, 5) is 12.2. The molecular formula is C17H18N2O2. The van der Waals surface area contributed by atoms with Gasteiger partial charge < -0.3 is 15.4 Å². The highest BCUT2D eigenvalue weighted by atomic mass is 16.5. The van der Waals surface area contributed by atoms with Crippen LogP contribution in [0, 0.1) is 0 Å². The fourth-order valence-electron chi connectivity index (χ4n) is 2.34. The third kappa shape index (κ3) is 3.41. The highest BCUT2D eigenvalue weighted by molar-refractivity contribution is 5.94. The van der Waals surface area contributed by atoms with Crippen LogP contribution in [0.1, 0.15) is 21.5 Å². The van der Waals surface area contributed by atoms with Crippen molar-refractivity contribution in [1.82, 2.24) is 10.6 Å². The van der Waals surface area contributed by atoms with Crippen molar-refractivity contribution in [2.75, 3.05) is 13.2 Å². The molecule has 0 spiro atoms. The van der Waals surface area contributed by atoms with E-state index in [1.165, 1.54) is 0 Å². The predicted octanol–water partition coefficient (Wildman–Crippen LogP) is 2.10. The van der Waals surface area contributed by atoms with Crippen molar-refractivity contribution in [2.45, 2.75) is 13.1 Å². The van der Waals surface area contributed by atoms with Crippen LogP contribution in [-0.4, -0.2) is 19.1 Å². The molecule has 21 heavy (non-hydrogen) atoms.